The number of rotatable bonds is 5. The topological polar surface area (TPSA) is 143 Å². The molecule has 2 amide bonds. The van der Waals surface area contributed by atoms with E-state index in [0.29, 0.717) is 25.5 Å². The van der Waals surface area contributed by atoms with Crippen molar-refractivity contribution in [2.45, 2.75) is 38.7 Å². The monoisotopic (exact) mass is 482 g/mol. The number of amides is 2. The Kier molecular flexibility index (Phi) is 11.1. The molecule has 0 bridgehead atoms. The molecule has 0 aliphatic carbocycles. The first-order chi connectivity index (χ1) is 15.4. The third kappa shape index (κ3) is 12.3. The van der Waals surface area contributed by atoms with Crippen molar-refractivity contribution in [2.24, 2.45) is 7.05 Å². The molecule has 1 atom stereocenters. The van der Waals surface area contributed by atoms with Crippen molar-refractivity contribution in [1.29, 1.82) is 0 Å². The van der Waals surface area contributed by atoms with Crippen molar-refractivity contribution in [2.75, 3.05) is 25.1 Å². The Balaban J connectivity index is 0.000000341. The number of hydrogen-bond donors (Lipinski definition) is 4. The lowest BCUT2D eigenvalue weighted by atomic mass is 10.4. The van der Waals surface area contributed by atoms with Crippen LogP contribution in [0.5, 0.6) is 5.88 Å². The summed E-state index contributed by atoms with van der Waals surface area (Å²) in [6.45, 7) is 3.01. The van der Waals surface area contributed by atoms with E-state index in [1.54, 1.807) is 13.8 Å². The molecule has 0 aromatic carbocycles. The predicted octanol–water partition coefficient (Wildman–Crippen LogP) is 2.74. The number of ether oxygens (including phenoxy) is 2. The third-order valence-corrected chi connectivity index (χ3v) is 3.51. The normalized spacial score (nSPS) is 15.1. The highest BCUT2D eigenvalue weighted by Crippen LogP contribution is 2.18. The molecule has 0 radical (unpaired) electrons. The minimum atomic E-state index is -4.46. The summed E-state index contributed by atoms with van der Waals surface area (Å²) in [7, 11) is 1.42. The van der Waals surface area contributed by atoms with Crippen molar-refractivity contribution in [3.05, 3.63) is 24.0 Å². The van der Waals surface area contributed by atoms with Gasteiger partial charge in [-0.3, -0.25) is 14.6 Å². The Morgan fingerprint density at radius 3 is 2.52 bits per heavy atom. The Bertz CT molecular complexity index is 851. The van der Waals surface area contributed by atoms with Crippen LogP contribution in [-0.4, -0.2) is 75.3 Å². The van der Waals surface area contributed by atoms with Crippen LogP contribution >= 0.6 is 0 Å². The molecule has 4 N–H and O–H groups in total. The number of H-pyrrole nitrogens is 1. The van der Waals surface area contributed by atoms with Crippen LogP contribution in [0.1, 0.15) is 30.8 Å². The number of aryl methyl sites for hydroxylation is 1. The highest BCUT2D eigenvalue weighted by molar-refractivity contribution is 6.02. The molecule has 1 unspecified atom stereocenters. The molecule has 11 nitrogen and oxygen atoms in total. The van der Waals surface area contributed by atoms with Gasteiger partial charge < -0.3 is 25.2 Å². The van der Waals surface area contributed by atoms with Gasteiger partial charge in [-0.2, -0.15) is 18.3 Å². The summed E-state index contributed by atoms with van der Waals surface area (Å²) in [6, 6.07) is 2.67. The summed E-state index contributed by atoms with van der Waals surface area (Å²) in [5.74, 6) is -0.473. The predicted molar refractivity (Wildman–Crippen MR) is 108 cm³/mol. The summed E-state index contributed by atoms with van der Waals surface area (Å²) in [5.41, 5.74) is 0.0526. The van der Waals surface area contributed by atoms with E-state index in [4.69, 9.17) is 5.11 Å². The van der Waals surface area contributed by atoms with E-state index < -0.39 is 31.0 Å². The molecule has 15 heteroatoms. The second-order valence-corrected chi connectivity index (χ2v) is 6.88. The Labute approximate surface area is 186 Å². The fourth-order valence-electron chi connectivity index (χ4n) is 2.14. The van der Waals surface area contributed by atoms with Crippen molar-refractivity contribution in [3.8, 4) is 5.88 Å². The molecule has 1 aliphatic rings. The largest absolute Gasteiger partial charge is 0.467 e. The van der Waals surface area contributed by atoms with Crippen LogP contribution in [0.25, 0.3) is 0 Å². The lowest BCUT2D eigenvalue weighted by molar-refractivity contribution is -0.154. The molecule has 1 saturated heterocycles. The summed E-state index contributed by atoms with van der Waals surface area (Å²) in [5, 5.41) is 22.5. The van der Waals surface area contributed by atoms with Gasteiger partial charge in [0.1, 0.15) is 17.7 Å². The first-order valence-electron chi connectivity index (χ1n) is 9.63. The summed E-state index contributed by atoms with van der Waals surface area (Å²) in [4.78, 5) is 21.5. The first kappa shape index (κ1) is 27.7. The van der Waals surface area contributed by atoms with Gasteiger partial charge in [0.2, 0.25) is 5.88 Å². The second kappa shape index (κ2) is 13.2. The van der Waals surface area contributed by atoms with Crippen molar-refractivity contribution < 1.29 is 41.7 Å². The number of aromatic amines is 1. The van der Waals surface area contributed by atoms with Crippen LogP contribution in [0.2, 0.25) is 0 Å². The molecular weight excluding hydrogens is 456 g/mol. The summed E-state index contributed by atoms with van der Waals surface area (Å²) in [6.07, 6.45) is -4.06. The van der Waals surface area contributed by atoms with Gasteiger partial charge in [0.15, 0.2) is 6.61 Å². The van der Waals surface area contributed by atoms with E-state index in [0.717, 1.165) is 10.7 Å². The van der Waals surface area contributed by atoms with E-state index >= 15 is 0 Å². The van der Waals surface area contributed by atoms with Gasteiger partial charge >= 0.3 is 12.3 Å². The van der Waals surface area contributed by atoms with E-state index in [-0.39, 0.29) is 17.6 Å². The smallest absolute Gasteiger partial charge is 0.422 e. The molecule has 2 aromatic heterocycles. The number of carbonyl (C=O) groups excluding carboxylic acids is 1. The van der Waals surface area contributed by atoms with E-state index in [9.17, 15) is 27.2 Å². The number of halogens is 4. The van der Waals surface area contributed by atoms with E-state index in [2.05, 4.69) is 35.4 Å². The molecule has 2 aromatic rings. The maximum absolute atomic E-state index is 12.0. The van der Waals surface area contributed by atoms with Crippen LogP contribution in [-0.2, 0) is 11.8 Å². The number of aromatic nitrogens is 4. The van der Waals surface area contributed by atoms with Crippen LogP contribution in [0, 0.1) is 0 Å². The number of hydrogen-bond acceptors (Lipinski definition) is 6. The molecule has 3 heterocycles. The third-order valence-electron chi connectivity index (χ3n) is 3.51. The van der Waals surface area contributed by atoms with Crippen LogP contribution < -0.4 is 15.4 Å². The fourth-order valence-corrected chi connectivity index (χ4v) is 2.14. The Morgan fingerprint density at radius 1 is 1.42 bits per heavy atom. The number of nitrogens with zero attached hydrogens (tertiary/aromatic N) is 3. The highest BCUT2D eigenvalue weighted by atomic mass is 19.4. The molecule has 3 rings (SSSR count). The second-order valence-electron chi connectivity index (χ2n) is 6.88. The lowest BCUT2D eigenvalue weighted by Crippen LogP contribution is -2.27. The maximum Gasteiger partial charge on any atom is 0.422 e. The number of anilines is 1. The molecule has 0 spiro atoms. The zero-order chi connectivity index (χ0) is 25.0. The van der Waals surface area contributed by atoms with Crippen molar-refractivity contribution in [1.82, 2.24) is 25.3 Å². The van der Waals surface area contributed by atoms with Crippen LogP contribution in [0.4, 0.5) is 28.2 Å². The molecule has 0 saturated carbocycles. The lowest BCUT2D eigenvalue weighted by Gasteiger charge is -2.05. The highest BCUT2D eigenvalue weighted by Gasteiger charge is 2.29. The molecule has 1 aliphatic heterocycles. The van der Waals surface area contributed by atoms with Crippen molar-refractivity contribution in [3.63, 3.8) is 0 Å². The number of carboxylic acid groups (broad SMARTS) is 1. The van der Waals surface area contributed by atoms with Crippen LogP contribution in [0.3, 0.4) is 0 Å². The zero-order valence-corrected chi connectivity index (χ0v) is 18.1. The van der Waals surface area contributed by atoms with Gasteiger partial charge in [0.05, 0.1) is 12.8 Å². The van der Waals surface area contributed by atoms with Gasteiger partial charge in [-0.1, -0.05) is 0 Å². The van der Waals surface area contributed by atoms with Gasteiger partial charge in [0, 0.05) is 38.2 Å². The average molecular weight is 482 g/mol. The molecule has 33 heavy (non-hydrogen) atoms. The molecule has 186 valence electrons. The zero-order valence-electron chi connectivity index (χ0n) is 18.1. The number of carbonyl (C=O) groups is 2. The van der Waals surface area contributed by atoms with Gasteiger partial charge in [0.25, 0.3) is 5.91 Å². The minimum Gasteiger partial charge on any atom is -0.467 e. The standard InChI is InChI=1S/C10H10F3N5O2.C4H7FO.C4H9NO2/c1-18-6(9(19)15-7-2-3-14-16-7)4-8(17-18)20-5-10(11,12)13;5-4-1-2-6-3-4;1-3(2)5-4(6)7/h2-4H,5H2,1H3,(H2,14,15,16,19);4H,1-3H2;3,5H,1-2H3,(H,6,7). The van der Waals surface area contributed by atoms with Gasteiger partial charge in [-0.05, 0) is 13.8 Å². The van der Waals surface area contributed by atoms with E-state index in [1.807, 2.05) is 0 Å². The van der Waals surface area contributed by atoms with Gasteiger partial charge in [-0.15, -0.1) is 5.10 Å². The minimum absolute atomic E-state index is 0.0255. The average Bonchev–Trinajstić information content (AvgIpc) is 3.42. The fraction of sp³-hybridized carbons (Fsp3) is 0.556. The quantitative estimate of drug-likeness (QED) is 0.480. The Morgan fingerprint density at radius 2 is 2.12 bits per heavy atom. The molecule has 1 fully saturated rings. The van der Waals surface area contributed by atoms with Crippen molar-refractivity contribution >= 4 is 17.8 Å². The van der Waals surface area contributed by atoms with Crippen LogP contribution in [0.15, 0.2) is 18.3 Å². The van der Waals surface area contributed by atoms with E-state index in [1.165, 1.54) is 19.3 Å². The maximum atomic E-state index is 12.0. The number of alkyl halides is 4. The van der Waals surface area contributed by atoms with Gasteiger partial charge in [-0.25, -0.2) is 9.18 Å². The first-order valence-corrected chi connectivity index (χ1v) is 9.63. The Hall–Kier alpha value is -3.36. The number of nitrogens with one attached hydrogen (secondary N) is 3. The summed E-state index contributed by atoms with van der Waals surface area (Å²) < 4.78 is 58.1. The molecular formula is C18H26F4N6O5. The SMILES string of the molecule is CC(C)NC(=O)O.Cn1nc(OCC(F)(F)F)cc1C(=O)Nc1ccn[nH]1.FC1CCOC1. The summed E-state index contributed by atoms with van der Waals surface area (Å²) >= 11 is 0.